The molecule has 0 spiro atoms. The second-order valence-electron chi connectivity index (χ2n) is 6.43. The third-order valence-corrected chi connectivity index (χ3v) is 4.74. The van der Waals surface area contributed by atoms with Gasteiger partial charge in [0.15, 0.2) is 5.96 Å². The van der Waals surface area contributed by atoms with Gasteiger partial charge in [-0.25, -0.2) is 0 Å². The number of halogens is 2. The average Bonchev–Trinajstić information content (AvgIpc) is 2.89. The quantitative estimate of drug-likeness (QED) is 0.349. The summed E-state index contributed by atoms with van der Waals surface area (Å²) in [6.45, 7) is 1.59. The normalized spacial score (nSPS) is 12.7. The standard InChI is InChI=1S/C19H28BrN5.HI/c1-21-19(25(5)14-17-11-16(20)13-24(17)4)22-12-18(23(2)3)15-9-7-6-8-10-15;/h6-11,13,18H,12,14H2,1-5H3,(H,21,22);1H. The Kier molecular flexibility index (Phi) is 9.67. The molecule has 5 nitrogen and oxygen atoms in total. The lowest BCUT2D eigenvalue weighted by Crippen LogP contribution is -2.42. The van der Waals surface area contributed by atoms with Crippen molar-refractivity contribution in [1.82, 2.24) is 19.7 Å². The minimum atomic E-state index is 0. The predicted octanol–water partition coefficient (Wildman–Crippen LogP) is 3.72. The number of guanidine groups is 1. The molecule has 0 radical (unpaired) electrons. The van der Waals surface area contributed by atoms with Crippen LogP contribution in [0.15, 0.2) is 52.1 Å². The molecule has 0 fully saturated rings. The topological polar surface area (TPSA) is 35.8 Å². The number of nitrogens with zero attached hydrogens (tertiary/aromatic N) is 4. The molecule has 0 aliphatic rings. The van der Waals surface area contributed by atoms with Crippen molar-refractivity contribution >= 4 is 45.9 Å². The van der Waals surface area contributed by atoms with Crippen molar-refractivity contribution in [2.75, 3.05) is 34.7 Å². The first-order valence-corrected chi connectivity index (χ1v) is 9.15. The Morgan fingerprint density at radius 2 is 1.88 bits per heavy atom. The van der Waals surface area contributed by atoms with E-state index in [2.05, 4.69) is 105 Å². The molecule has 0 amide bonds. The van der Waals surface area contributed by atoms with Crippen molar-refractivity contribution in [1.29, 1.82) is 0 Å². The molecule has 26 heavy (non-hydrogen) atoms. The third-order valence-electron chi connectivity index (χ3n) is 4.31. The summed E-state index contributed by atoms with van der Waals surface area (Å²) < 4.78 is 3.22. The summed E-state index contributed by atoms with van der Waals surface area (Å²) in [6, 6.07) is 13.0. The maximum atomic E-state index is 4.44. The summed E-state index contributed by atoms with van der Waals surface area (Å²) >= 11 is 3.53. The zero-order valence-corrected chi connectivity index (χ0v) is 20.0. The molecule has 1 unspecified atom stereocenters. The lowest BCUT2D eigenvalue weighted by molar-refractivity contribution is 0.295. The maximum Gasteiger partial charge on any atom is 0.193 e. The summed E-state index contributed by atoms with van der Waals surface area (Å²) in [7, 11) is 10.2. The van der Waals surface area contributed by atoms with E-state index in [0.29, 0.717) is 0 Å². The molecule has 2 rings (SSSR count). The molecule has 1 heterocycles. The number of aliphatic imine (C=N–C) groups is 1. The first-order chi connectivity index (χ1) is 11.9. The Labute approximate surface area is 182 Å². The lowest BCUT2D eigenvalue weighted by Gasteiger charge is -2.28. The molecule has 0 saturated heterocycles. The van der Waals surface area contributed by atoms with Gasteiger partial charge in [0.05, 0.1) is 12.6 Å². The highest BCUT2D eigenvalue weighted by molar-refractivity contribution is 14.0. The van der Waals surface area contributed by atoms with Crippen LogP contribution in [0.5, 0.6) is 0 Å². The lowest BCUT2D eigenvalue weighted by atomic mass is 10.1. The van der Waals surface area contributed by atoms with E-state index in [1.54, 1.807) is 0 Å². The second kappa shape index (κ2) is 10.9. The number of benzene rings is 1. The summed E-state index contributed by atoms with van der Waals surface area (Å²) in [5, 5.41) is 3.51. The average molecular weight is 534 g/mol. The van der Waals surface area contributed by atoms with E-state index in [1.807, 2.05) is 13.1 Å². The van der Waals surface area contributed by atoms with Crippen LogP contribution in [-0.2, 0) is 13.6 Å². The fourth-order valence-electron chi connectivity index (χ4n) is 2.89. The molecule has 144 valence electrons. The number of aryl methyl sites for hydroxylation is 1. The first-order valence-electron chi connectivity index (χ1n) is 8.36. The van der Waals surface area contributed by atoms with Gasteiger partial charge < -0.3 is 19.7 Å². The molecule has 0 saturated carbocycles. The van der Waals surface area contributed by atoms with Crippen molar-refractivity contribution in [3.8, 4) is 0 Å². The molecule has 0 aliphatic carbocycles. The smallest absolute Gasteiger partial charge is 0.193 e. The van der Waals surface area contributed by atoms with Crippen LogP contribution >= 0.6 is 39.9 Å². The Hall–Kier alpha value is -1.06. The van der Waals surface area contributed by atoms with Crippen LogP contribution in [-0.4, -0.2) is 55.1 Å². The monoisotopic (exact) mass is 533 g/mol. The Bertz CT molecular complexity index is 699. The van der Waals surface area contributed by atoms with Crippen LogP contribution in [0.3, 0.4) is 0 Å². The van der Waals surface area contributed by atoms with Crippen molar-refractivity contribution in [2.45, 2.75) is 12.6 Å². The number of hydrogen-bond acceptors (Lipinski definition) is 2. The van der Waals surface area contributed by atoms with Gasteiger partial charge in [-0.1, -0.05) is 30.3 Å². The highest BCUT2D eigenvalue weighted by Crippen LogP contribution is 2.17. The van der Waals surface area contributed by atoms with Gasteiger partial charge in [0.2, 0.25) is 0 Å². The third kappa shape index (κ3) is 6.28. The Balaban J connectivity index is 0.00000338. The van der Waals surface area contributed by atoms with Gasteiger partial charge >= 0.3 is 0 Å². The van der Waals surface area contributed by atoms with E-state index in [4.69, 9.17) is 0 Å². The Morgan fingerprint density at radius 1 is 1.23 bits per heavy atom. The minimum absolute atomic E-state index is 0. The minimum Gasteiger partial charge on any atom is -0.354 e. The van der Waals surface area contributed by atoms with Gasteiger partial charge in [-0.3, -0.25) is 4.99 Å². The summed E-state index contributed by atoms with van der Waals surface area (Å²) in [5.41, 5.74) is 2.52. The summed E-state index contributed by atoms with van der Waals surface area (Å²) in [6.07, 6.45) is 2.07. The van der Waals surface area contributed by atoms with Crippen molar-refractivity contribution in [3.63, 3.8) is 0 Å². The van der Waals surface area contributed by atoms with E-state index < -0.39 is 0 Å². The van der Waals surface area contributed by atoms with E-state index in [-0.39, 0.29) is 30.0 Å². The Morgan fingerprint density at radius 3 is 2.38 bits per heavy atom. The zero-order chi connectivity index (χ0) is 18.4. The molecule has 0 aliphatic heterocycles. The van der Waals surface area contributed by atoms with E-state index in [0.717, 1.165) is 23.5 Å². The van der Waals surface area contributed by atoms with E-state index in [1.165, 1.54) is 11.3 Å². The molecular weight excluding hydrogens is 505 g/mol. The molecule has 0 bridgehead atoms. The van der Waals surface area contributed by atoms with Gasteiger partial charge in [0, 0.05) is 44.1 Å². The van der Waals surface area contributed by atoms with Crippen LogP contribution in [0.25, 0.3) is 0 Å². The molecule has 1 atom stereocenters. The number of likely N-dealkylation sites (N-methyl/N-ethyl adjacent to an activating group) is 1. The number of hydrogen-bond donors (Lipinski definition) is 1. The predicted molar refractivity (Wildman–Crippen MR) is 124 cm³/mol. The maximum absolute atomic E-state index is 4.44. The number of aromatic nitrogens is 1. The largest absolute Gasteiger partial charge is 0.354 e. The van der Waals surface area contributed by atoms with Gasteiger partial charge in [0.1, 0.15) is 0 Å². The van der Waals surface area contributed by atoms with Crippen LogP contribution in [0.2, 0.25) is 0 Å². The summed E-state index contributed by atoms with van der Waals surface area (Å²) in [4.78, 5) is 8.80. The van der Waals surface area contributed by atoms with Crippen LogP contribution in [0, 0.1) is 0 Å². The SMILES string of the molecule is CN=C(NCC(c1ccccc1)N(C)C)N(C)Cc1cc(Br)cn1C.I. The highest BCUT2D eigenvalue weighted by Gasteiger charge is 2.16. The van der Waals surface area contributed by atoms with Crippen molar-refractivity contribution in [2.24, 2.45) is 12.0 Å². The van der Waals surface area contributed by atoms with Crippen LogP contribution in [0.1, 0.15) is 17.3 Å². The van der Waals surface area contributed by atoms with Gasteiger partial charge in [-0.05, 0) is 41.7 Å². The molecular formula is C19H29BrIN5. The van der Waals surface area contributed by atoms with Crippen molar-refractivity contribution < 1.29 is 0 Å². The van der Waals surface area contributed by atoms with E-state index >= 15 is 0 Å². The first kappa shape index (κ1) is 23.0. The summed E-state index contributed by atoms with van der Waals surface area (Å²) in [5.74, 6) is 0.889. The van der Waals surface area contributed by atoms with Gasteiger partial charge in [-0.15, -0.1) is 24.0 Å². The van der Waals surface area contributed by atoms with Crippen LogP contribution in [0.4, 0.5) is 0 Å². The zero-order valence-electron chi connectivity index (χ0n) is 16.1. The number of nitrogens with one attached hydrogen (secondary N) is 1. The second-order valence-corrected chi connectivity index (χ2v) is 7.35. The molecule has 7 heteroatoms. The van der Waals surface area contributed by atoms with Gasteiger partial charge in [-0.2, -0.15) is 0 Å². The highest BCUT2D eigenvalue weighted by atomic mass is 127. The van der Waals surface area contributed by atoms with Crippen LogP contribution < -0.4 is 5.32 Å². The fourth-order valence-corrected chi connectivity index (χ4v) is 3.46. The molecule has 1 aromatic heterocycles. The molecule has 1 N–H and O–H groups in total. The number of rotatable bonds is 6. The van der Waals surface area contributed by atoms with Gasteiger partial charge in [0.25, 0.3) is 0 Å². The fraction of sp³-hybridized carbons (Fsp3) is 0.421. The molecule has 2 aromatic rings. The van der Waals surface area contributed by atoms with E-state index in [9.17, 15) is 0 Å². The molecule has 1 aromatic carbocycles. The van der Waals surface area contributed by atoms with Crippen molar-refractivity contribution in [3.05, 3.63) is 58.3 Å².